The molecule has 0 spiro atoms. The molecular weight excluding hydrogens is 244 g/mol. The second-order valence-corrected chi connectivity index (χ2v) is 7.85. The summed E-state index contributed by atoms with van der Waals surface area (Å²) >= 11 is 0. The molecular formula is C19H30O. The van der Waals surface area contributed by atoms with Crippen LogP contribution in [0.5, 0.6) is 5.75 Å². The Bertz CT molecular complexity index is 415. The van der Waals surface area contributed by atoms with Gasteiger partial charge < -0.3 is 4.74 Å². The van der Waals surface area contributed by atoms with E-state index in [2.05, 4.69) is 72.4 Å². The summed E-state index contributed by atoms with van der Waals surface area (Å²) in [5, 5.41) is 0. The Kier molecular flexibility index (Phi) is 5.44. The van der Waals surface area contributed by atoms with Gasteiger partial charge in [0, 0.05) is 0 Å². The zero-order chi connectivity index (χ0) is 15.4. The van der Waals surface area contributed by atoms with E-state index in [1.54, 1.807) is 6.08 Å². The predicted octanol–water partition coefficient (Wildman–Crippen LogP) is 5.82. The fraction of sp³-hybridized carbons (Fsp3) is 0.579. The first-order valence-electron chi connectivity index (χ1n) is 7.47. The molecule has 0 bridgehead atoms. The Hall–Kier alpha value is -1.24. The van der Waals surface area contributed by atoms with Crippen molar-refractivity contribution in [1.29, 1.82) is 0 Å². The van der Waals surface area contributed by atoms with E-state index in [0.29, 0.717) is 17.9 Å². The Labute approximate surface area is 125 Å². The van der Waals surface area contributed by atoms with E-state index in [-0.39, 0.29) is 5.41 Å². The van der Waals surface area contributed by atoms with Gasteiger partial charge in [0.2, 0.25) is 0 Å². The minimum absolute atomic E-state index is 0.261. The fourth-order valence-corrected chi connectivity index (χ4v) is 2.49. The Morgan fingerprint density at radius 3 is 2.00 bits per heavy atom. The molecule has 0 N–H and O–H groups in total. The third-order valence-electron chi connectivity index (χ3n) is 3.51. The van der Waals surface area contributed by atoms with E-state index in [4.69, 9.17) is 4.74 Å². The van der Waals surface area contributed by atoms with Gasteiger partial charge in [-0.05, 0) is 40.9 Å². The average Bonchev–Trinajstić information content (AvgIpc) is 2.32. The van der Waals surface area contributed by atoms with Crippen LogP contribution in [0.3, 0.4) is 0 Å². The molecule has 0 fully saturated rings. The summed E-state index contributed by atoms with van der Waals surface area (Å²) in [5.41, 5.74) is 1.99. The maximum Gasteiger partial charge on any atom is 0.119 e. The highest BCUT2D eigenvalue weighted by Crippen LogP contribution is 2.43. The molecule has 0 aliphatic rings. The largest absolute Gasteiger partial charge is 0.490 e. The van der Waals surface area contributed by atoms with Gasteiger partial charge in [0.1, 0.15) is 12.4 Å². The lowest BCUT2D eigenvalue weighted by molar-refractivity contribution is 0.229. The number of ether oxygens (including phenoxy) is 1. The summed E-state index contributed by atoms with van der Waals surface area (Å²) < 4.78 is 5.56. The minimum atomic E-state index is 0.261. The van der Waals surface area contributed by atoms with Crippen LogP contribution >= 0.6 is 0 Å². The summed E-state index contributed by atoms with van der Waals surface area (Å²) in [4.78, 5) is 0. The molecule has 0 heterocycles. The van der Waals surface area contributed by atoms with Gasteiger partial charge in [-0.25, -0.2) is 0 Å². The molecule has 1 unspecified atom stereocenters. The first-order valence-corrected chi connectivity index (χ1v) is 7.47. The Morgan fingerprint density at radius 2 is 1.60 bits per heavy atom. The smallest absolute Gasteiger partial charge is 0.119 e. The van der Waals surface area contributed by atoms with Crippen LogP contribution in [0.15, 0.2) is 36.9 Å². The SMILES string of the molecule is C=CCOc1ccc(C(CC(C)(C)C)C(C)(C)C)cc1. The minimum Gasteiger partial charge on any atom is -0.490 e. The molecule has 1 aromatic rings. The van der Waals surface area contributed by atoms with Gasteiger partial charge in [0.25, 0.3) is 0 Å². The molecule has 0 aromatic heterocycles. The lowest BCUT2D eigenvalue weighted by Crippen LogP contribution is -2.23. The van der Waals surface area contributed by atoms with Crippen molar-refractivity contribution >= 4 is 0 Å². The van der Waals surface area contributed by atoms with Crippen molar-refractivity contribution in [3.05, 3.63) is 42.5 Å². The van der Waals surface area contributed by atoms with Crippen molar-refractivity contribution in [3.63, 3.8) is 0 Å². The van der Waals surface area contributed by atoms with Crippen LogP contribution < -0.4 is 4.74 Å². The van der Waals surface area contributed by atoms with Crippen LogP contribution in [-0.4, -0.2) is 6.61 Å². The normalized spacial score (nSPS) is 13.9. The number of rotatable bonds is 5. The molecule has 0 saturated heterocycles. The van der Waals surface area contributed by atoms with E-state index < -0.39 is 0 Å². The first-order chi connectivity index (χ1) is 9.13. The van der Waals surface area contributed by atoms with E-state index in [1.807, 2.05) is 0 Å². The van der Waals surface area contributed by atoms with Crippen molar-refractivity contribution in [1.82, 2.24) is 0 Å². The molecule has 0 aliphatic heterocycles. The van der Waals surface area contributed by atoms with Crippen molar-refractivity contribution in [2.24, 2.45) is 10.8 Å². The summed E-state index contributed by atoms with van der Waals surface area (Å²) in [6, 6.07) is 8.56. The summed E-state index contributed by atoms with van der Waals surface area (Å²) in [6.07, 6.45) is 2.95. The maximum absolute atomic E-state index is 5.56. The third-order valence-corrected chi connectivity index (χ3v) is 3.51. The van der Waals surface area contributed by atoms with Crippen LogP contribution in [0.4, 0.5) is 0 Å². The lowest BCUT2D eigenvalue weighted by atomic mass is 9.69. The second kappa shape index (κ2) is 6.47. The van der Waals surface area contributed by atoms with Crippen LogP contribution in [-0.2, 0) is 0 Å². The van der Waals surface area contributed by atoms with Gasteiger partial charge in [0.05, 0.1) is 0 Å². The van der Waals surface area contributed by atoms with Gasteiger partial charge in [-0.1, -0.05) is 66.3 Å². The third kappa shape index (κ3) is 5.40. The first kappa shape index (κ1) is 16.8. The molecule has 20 heavy (non-hydrogen) atoms. The molecule has 1 heteroatoms. The van der Waals surface area contributed by atoms with Crippen LogP contribution in [0, 0.1) is 10.8 Å². The van der Waals surface area contributed by atoms with Crippen molar-refractivity contribution < 1.29 is 4.74 Å². The highest BCUT2D eigenvalue weighted by molar-refractivity contribution is 5.30. The van der Waals surface area contributed by atoms with Crippen molar-refractivity contribution in [3.8, 4) is 5.75 Å². The highest BCUT2D eigenvalue weighted by Gasteiger charge is 2.30. The molecule has 0 amide bonds. The van der Waals surface area contributed by atoms with E-state index >= 15 is 0 Å². The van der Waals surface area contributed by atoms with E-state index in [9.17, 15) is 0 Å². The fourth-order valence-electron chi connectivity index (χ4n) is 2.49. The second-order valence-electron chi connectivity index (χ2n) is 7.85. The Balaban J connectivity index is 2.94. The summed E-state index contributed by atoms with van der Waals surface area (Å²) in [6.45, 7) is 18.1. The lowest BCUT2D eigenvalue weighted by Gasteiger charge is -2.36. The molecule has 0 aliphatic carbocycles. The van der Waals surface area contributed by atoms with Gasteiger partial charge in [0.15, 0.2) is 0 Å². The topological polar surface area (TPSA) is 9.23 Å². The number of hydrogen-bond donors (Lipinski definition) is 0. The van der Waals surface area contributed by atoms with Gasteiger partial charge >= 0.3 is 0 Å². The maximum atomic E-state index is 5.56. The van der Waals surface area contributed by atoms with Crippen LogP contribution in [0.2, 0.25) is 0 Å². The van der Waals surface area contributed by atoms with Gasteiger partial charge in [-0.3, -0.25) is 0 Å². The summed E-state index contributed by atoms with van der Waals surface area (Å²) in [7, 11) is 0. The molecule has 0 saturated carbocycles. The molecule has 112 valence electrons. The monoisotopic (exact) mass is 274 g/mol. The van der Waals surface area contributed by atoms with E-state index in [1.165, 1.54) is 12.0 Å². The zero-order valence-corrected chi connectivity index (χ0v) is 14.0. The summed E-state index contributed by atoms with van der Waals surface area (Å²) in [5.74, 6) is 1.47. The number of hydrogen-bond acceptors (Lipinski definition) is 1. The Morgan fingerprint density at radius 1 is 1.05 bits per heavy atom. The number of benzene rings is 1. The molecule has 1 aromatic carbocycles. The van der Waals surface area contributed by atoms with Crippen molar-refractivity contribution in [2.75, 3.05) is 6.61 Å². The van der Waals surface area contributed by atoms with Crippen molar-refractivity contribution in [2.45, 2.75) is 53.9 Å². The van der Waals surface area contributed by atoms with Crippen LogP contribution in [0.1, 0.15) is 59.4 Å². The molecule has 1 nitrogen and oxygen atoms in total. The average molecular weight is 274 g/mol. The quantitative estimate of drug-likeness (QED) is 0.615. The van der Waals surface area contributed by atoms with Gasteiger partial charge in [-0.15, -0.1) is 0 Å². The highest BCUT2D eigenvalue weighted by atomic mass is 16.5. The van der Waals surface area contributed by atoms with Crippen LogP contribution in [0.25, 0.3) is 0 Å². The van der Waals surface area contributed by atoms with E-state index in [0.717, 1.165) is 5.75 Å². The van der Waals surface area contributed by atoms with Gasteiger partial charge in [-0.2, -0.15) is 0 Å². The standard InChI is InChI=1S/C19H30O/c1-8-13-20-16-11-9-15(10-12-16)17(19(5,6)7)14-18(2,3)4/h8-12,17H,1,13-14H2,2-7H3. The molecule has 0 radical (unpaired) electrons. The predicted molar refractivity (Wildman–Crippen MR) is 88.4 cm³/mol. The zero-order valence-electron chi connectivity index (χ0n) is 14.0. The molecule has 1 atom stereocenters. The molecule has 1 rings (SSSR count).